The first-order chi connectivity index (χ1) is 15.4. The number of ketones is 1. The zero-order valence-corrected chi connectivity index (χ0v) is 18.1. The average molecular weight is 454 g/mol. The zero-order valence-electron chi connectivity index (χ0n) is 17.4. The van der Waals surface area contributed by atoms with E-state index in [0.717, 1.165) is 0 Å². The van der Waals surface area contributed by atoms with Crippen LogP contribution >= 0.6 is 11.6 Å². The monoisotopic (exact) mass is 453 g/mol. The molecule has 1 amide bonds. The normalized spacial score (nSPS) is 17.6. The topological polar surface area (TPSA) is 89.2 Å². The summed E-state index contributed by atoms with van der Waals surface area (Å²) in [6.07, 6.45) is 1.49. The number of hydrogen-bond donors (Lipinski definition) is 1. The molecular weight excluding hydrogens is 434 g/mol. The third kappa shape index (κ3) is 3.83. The summed E-state index contributed by atoms with van der Waals surface area (Å²) in [6, 6.07) is 14.2. The maximum Gasteiger partial charge on any atom is 0.296 e. The molecule has 0 saturated carbocycles. The predicted molar refractivity (Wildman–Crippen MR) is 118 cm³/mol. The first-order valence-electron chi connectivity index (χ1n) is 9.73. The molecule has 7 nitrogen and oxygen atoms in total. The number of Topliss-reactive ketones (excluding diaryl/α,β-unsaturated/α-hetero) is 1. The minimum Gasteiger partial charge on any atom is -0.507 e. The average Bonchev–Trinajstić information content (AvgIpc) is 3.41. The maximum absolute atomic E-state index is 13.1. The fourth-order valence-corrected chi connectivity index (χ4v) is 3.91. The van der Waals surface area contributed by atoms with Crippen molar-refractivity contribution in [3.05, 3.63) is 88.3 Å². The Morgan fingerprint density at radius 2 is 1.75 bits per heavy atom. The van der Waals surface area contributed by atoms with Crippen LogP contribution in [0.15, 0.2) is 70.9 Å². The Bertz CT molecular complexity index is 1180. The van der Waals surface area contributed by atoms with Gasteiger partial charge in [-0.3, -0.25) is 9.59 Å². The number of benzene rings is 2. The molecule has 1 saturated heterocycles. The van der Waals surface area contributed by atoms with E-state index in [9.17, 15) is 14.7 Å². The lowest BCUT2D eigenvalue weighted by molar-refractivity contribution is -0.140. The zero-order chi connectivity index (χ0) is 22.8. The van der Waals surface area contributed by atoms with Gasteiger partial charge in [0.25, 0.3) is 11.7 Å². The molecule has 2 heterocycles. The summed E-state index contributed by atoms with van der Waals surface area (Å²) < 4.78 is 15.8. The van der Waals surface area contributed by atoms with Gasteiger partial charge in [0, 0.05) is 5.56 Å². The van der Waals surface area contributed by atoms with Crippen LogP contribution in [0.2, 0.25) is 5.02 Å². The van der Waals surface area contributed by atoms with E-state index in [1.54, 1.807) is 55.6 Å². The van der Waals surface area contributed by atoms with Crippen LogP contribution in [0, 0.1) is 0 Å². The summed E-state index contributed by atoms with van der Waals surface area (Å²) in [7, 11) is 3.02. The van der Waals surface area contributed by atoms with E-state index < -0.39 is 17.7 Å². The Labute approximate surface area is 189 Å². The van der Waals surface area contributed by atoms with Crippen molar-refractivity contribution >= 4 is 29.1 Å². The van der Waals surface area contributed by atoms with Gasteiger partial charge < -0.3 is 23.9 Å². The third-order valence-electron chi connectivity index (χ3n) is 5.31. The van der Waals surface area contributed by atoms with Crippen molar-refractivity contribution in [2.24, 2.45) is 0 Å². The Morgan fingerprint density at radius 1 is 1.06 bits per heavy atom. The molecule has 1 unspecified atom stereocenters. The highest BCUT2D eigenvalue weighted by molar-refractivity contribution is 6.47. The smallest absolute Gasteiger partial charge is 0.296 e. The van der Waals surface area contributed by atoms with E-state index in [0.29, 0.717) is 22.8 Å². The molecule has 1 aliphatic heterocycles. The highest BCUT2D eigenvalue weighted by atomic mass is 35.5. The number of likely N-dealkylation sites (tertiary alicyclic amines) is 1. The number of carbonyl (C=O) groups excluding carboxylic acids is 2. The predicted octanol–water partition coefficient (Wildman–Crippen LogP) is 4.57. The summed E-state index contributed by atoms with van der Waals surface area (Å²) in [6.45, 7) is 0.0525. The fraction of sp³-hybridized carbons (Fsp3) is 0.167. The Morgan fingerprint density at radius 3 is 2.38 bits per heavy atom. The summed E-state index contributed by atoms with van der Waals surface area (Å²) in [5, 5.41) is 11.4. The molecule has 0 aliphatic carbocycles. The van der Waals surface area contributed by atoms with Gasteiger partial charge in [-0.05, 0) is 48.0 Å². The van der Waals surface area contributed by atoms with Crippen molar-refractivity contribution < 1.29 is 28.6 Å². The van der Waals surface area contributed by atoms with E-state index in [1.807, 2.05) is 0 Å². The molecule has 1 aliphatic rings. The highest BCUT2D eigenvalue weighted by Gasteiger charge is 2.46. The molecule has 3 aromatic rings. The van der Waals surface area contributed by atoms with Gasteiger partial charge in [0.2, 0.25) is 0 Å². The number of hydrogen-bond acceptors (Lipinski definition) is 6. The number of rotatable bonds is 6. The van der Waals surface area contributed by atoms with E-state index in [4.69, 9.17) is 25.5 Å². The quantitative estimate of drug-likeness (QED) is 0.334. The summed E-state index contributed by atoms with van der Waals surface area (Å²) >= 11 is 6.30. The van der Waals surface area contributed by atoms with Crippen molar-refractivity contribution in [1.82, 2.24) is 4.90 Å². The third-order valence-corrected chi connectivity index (χ3v) is 5.64. The summed E-state index contributed by atoms with van der Waals surface area (Å²) in [4.78, 5) is 27.5. The van der Waals surface area contributed by atoms with Gasteiger partial charge in [-0.2, -0.15) is 0 Å². The number of carbonyl (C=O) groups is 2. The molecule has 0 radical (unpaired) electrons. The second-order valence-corrected chi connectivity index (χ2v) is 7.53. The van der Waals surface area contributed by atoms with Gasteiger partial charge in [0.05, 0.1) is 43.7 Å². The lowest BCUT2D eigenvalue weighted by Gasteiger charge is -2.24. The van der Waals surface area contributed by atoms with Crippen LogP contribution in [0.4, 0.5) is 0 Å². The Balaban J connectivity index is 1.89. The minimum absolute atomic E-state index is 0.0525. The number of aliphatic hydroxyl groups is 1. The molecule has 1 fully saturated rings. The number of ether oxygens (including phenoxy) is 2. The molecule has 164 valence electrons. The first kappa shape index (κ1) is 21.5. The second kappa shape index (κ2) is 8.80. The summed E-state index contributed by atoms with van der Waals surface area (Å²) in [5.41, 5.74) is 0.750. The molecule has 2 aromatic carbocycles. The molecule has 32 heavy (non-hydrogen) atoms. The van der Waals surface area contributed by atoms with Crippen molar-refractivity contribution in [3.63, 3.8) is 0 Å². The van der Waals surface area contributed by atoms with E-state index in [2.05, 4.69) is 0 Å². The number of furan rings is 1. The maximum atomic E-state index is 13.1. The Hall–Kier alpha value is -3.71. The lowest BCUT2D eigenvalue weighted by atomic mass is 9.95. The minimum atomic E-state index is -0.853. The van der Waals surface area contributed by atoms with Crippen LogP contribution in [0.1, 0.15) is 22.9 Å². The largest absolute Gasteiger partial charge is 0.507 e. The van der Waals surface area contributed by atoms with Crippen LogP contribution < -0.4 is 9.47 Å². The lowest BCUT2D eigenvalue weighted by Crippen LogP contribution is -2.29. The van der Waals surface area contributed by atoms with Crippen LogP contribution in [0.3, 0.4) is 0 Å². The molecule has 0 spiro atoms. The summed E-state index contributed by atoms with van der Waals surface area (Å²) in [5.74, 6) is -0.370. The number of methoxy groups -OCH3 is 2. The highest BCUT2D eigenvalue weighted by Crippen LogP contribution is 2.42. The van der Waals surface area contributed by atoms with E-state index >= 15 is 0 Å². The molecule has 1 N–H and O–H groups in total. The van der Waals surface area contributed by atoms with Crippen LogP contribution in [-0.4, -0.2) is 35.9 Å². The van der Waals surface area contributed by atoms with Gasteiger partial charge in [-0.1, -0.05) is 23.7 Å². The van der Waals surface area contributed by atoms with Crippen molar-refractivity contribution in [3.8, 4) is 11.5 Å². The molecule has 8 heteroatoms. The van der Waals surface area contributed by atoms with E-state index in [-0.39, 0.29) is 28.5 Å². The molecule has 0 bridgehead atoms. The number of halogens is 1. The van der Waals surface area contributed by atoms with Crippen molar-refractivity contribution in [1.29, 1.82) is 0 Å². The van der Waals surface area contributed by atoms with Gasteiger partial charge >= 0.3 is 0 Å². The standard InChI is InChI=1S/C24H20ClNO6/c1-30-15-7-5-14(6-8-15)21-20(22(27)18-12-16(31-2)9-10-19(18)25)23(28)24(29)26(21)13-17-4-3-11-32-17/h3-12,21,27H,13H2,1-2H3/b22-20+. The SMILES string of the molecule is COc1ccc(C2/C(=C(\O)c3cc(OC)ccc3Cl)C(=O)C(=O)N2Cc2ccco2)cc1. The van der Waals surface area contributed by atoms with Crippen LogP contribution in [-0.2, 0) is 16.1 Å². The number of amides is 1. The second-order valence-electron chi connectivity index (χ2n) is 7.13. The molecular formula is C24H20ClNO6. The molecule has 1 aromatic heterocycles. The van der Waals surface area contributed by atoms with Crippen molar-refractivity contribution in [2.45, 2.75) is 12.6 Å². The van der Waals surface area contributed by atoms with Gasteiger partial charge in [-0.15, -0.1) is 0 Å². The molecule has 1 atom stereocenters. The fourth-order valence-electron chi connectivity index (χ4n) is 3.70. The van der Waals surface area contributed by atoms with Crippen LogP contribution in [0.25, 0.3) is 5.76 Å². The van der Waals surface area contributed by atoms with Gasteiger partial charge in [0.1, 0.15) is 23.0 Å². The van der Waals surface area contributed by atoms with Crippen LogP contribution in [0.5, 0.6) is 11.5 Å². The number of aliphatic hydroxyl groups excluding tert-OH is 1. The van der Waals surface area contributed by atoms with Gasteiger partial charge in [-0.25, -0.2) is 0 Å². The molecule has 4 rings (SSSR count). The number of nitrogens with zero attached hydrogens (tertiary/aromatic N) is 1. The Kier molecular flexibility index (Phi) is 5.92. The van der Waals surface area contributed by atoms with Crippen molar-refractivity contribution in [2.75, 3.05) is 14.2 Å². The first-order valence-corrected chi connectivity index (χ1v) is 10.1. The van der Waals surface area contributed by atoms with Gasteiger partial charge in [0.15, 0.2) is 0 Å². The van der Waals surface area contributed by atoms with E-state index in [1.165, 1.54) is 24.3 Å².